The first-order chi connectivity index (χ1) is 8.77. The van der Waals surface area contributed by atoms with Crippen molar-refractivity contribution in [1.29, 1.82) is 0 Å². The highest BCUT2D eigenvalue weighted by atomic mass is 16.5. The first kappa shape index (κ1) is 13.1. The Balaban J connectivity index is 1.84. The van der Waals surface area contributed by atoms with Crippen molar-refractivity contribution in [3.63, 3.8) is 0 Å². The van der Waals surface area contributed by atoms with Crippen LogP contribution in [0.3, 0.4) is 0 Å². The Morgan fingerprint density at radius 2 is 2.22 bits per heavy atom. The van der Waals surface area contributed by atoms with Gasteiger partial charge in [0.2, 0.25) is 0 Å². The second-order valence-corrected chi connectivity index (χ2v) is 4.84. The smallest absolute Gasteiger partial charge is 0.163 e. The molecule has 0 amide bonds. The lowest BCUT2D eigenvalue weighted by Crippen LogP contribution is -2.35. The second kappa shape index (κ2) is 6.55. The summed E-state index contributed by atoms with van der Waals surface area (Å²) in [6, 6.07) is 8.03. The zero-order chi connectivity index (χ0) is 12.8. The van der Waals surface area contributed by atoms with E-state index in [1.807, 2.05) is 24.3 Å². The van der Waals surface area contributed by atoms with E-state index in [2.05, 4.69) is 5.32 Å². The van der Waals surface area contributed by atoms with E-state index in [-0.39, 0.29) is 5.78 Å². The van der Waals surface area contributed by atoms with Crippen LogP contribution in [-0.4, -0.2) is 25.0 Å². The van der Waals surface area contributed by atoms with Gasteiger partial charge in [0.1, 0.15) is 5.75 Å². The predicted octanol–water partition coefficient (Wildman–Crippen LogP) is 2.80. The predicted molar refractivity (Wildman–Crippen MR) is 72.2 cm³/mol. The largest absolute Gasteiger partial charge is 0.493 e. The second-order valence-electron chi connectivity index (χ2n) is 4.84. The maximum atomic E-state index is 11.4. The molecule has 0 radical (unpaired) electrons. The van der Waals surface area contributed by atoms with Crippen molar-refractivity contribution in [3.8, 4) is 5.75 Å². The third-order valence-corrected chi connectivity index (χ3v) is 3.40. The number of hydrogen-bond donors (Lipinski definition) is 1. The minimum Gasteiger partial charge on any atom is -0.493 e. The minimum atomic E-state index is 0.0568. The van der Waals surface area contributed by atoms with Crippen molar-refractivity contribution in [2.75, 3.05) is 13.2 Å². The molecular weight excluding hydrogens is 226 g/mol. The van der Waals surface area contributed by atoms with Gasteiger partial charge in [-0.1, -0.05) is 18.6 Å². The van der Waals surface area contributed by atoms with Gasteiger partial charge in [0, 0.05) is 6.04 Å². The maximum Gasteiger partial charge on any atom is 0.163 e. The summed E-state index contributed by atoms with van der Waals surface area (Å²) in [5.74, 6) is 0.766. The number of carbonyl (C=O) groups is 1. The number of nitrogens with one attached hydrogen (secondary N) is 1. The van der Waals surface area contributed by atoms with Gasteiger partial charge in [-0.3, -0.25) is 4.79 Å². The normalized spacial score (nSPS) is 19.5. The zero-order valence-corrected chi connectivity index (χ0v) is 10.9. The summed E-state index contributed by atoms with van der Waals surface area (Å²) in [7, 11) is 0. The number of ketones is 1. The Morgan fingerprint density at radius 1 is 1.39 bits per heavy atom. The van der Waals surface area contributed by atoms with E-state index in [9.17, 15) is 4.79 Å². The Labute approximate surface area is 109 Å². The fourth-order valence-electron chi connectivity index (χ4n) is 2.36. The van der Waals surface area contributed by atoms with Crippen molar-refractivity contribution >= 4 is 5.78 Å². The molecule has 1 saturated heterocycles. The van der Waals surface area contributed by atoms with Crippen LogP contribution in [0.25, 0.3) is 0 Å². The fraction of sp³-hybridized carbons (Fsp3) is 0.533. The molecule has 2 rings (SSSR count). The topological polar surface area (TPSA) is 38.3 Å². The average molecular weight is 247 g/mol. The number of Topliss-reactive ketones (excluding diaryl/α,β-unsaturated/α-hetero) is 1. The van der Waals surface area contributed by atoms with Crippen molar-refractivity contribution in [2.24, 2.45) is 0 Å². The van der Waals surface area contributed by atoms with Crippen molar-refractivity contribution in [2.45, 2.75) is 38.6 Å². The first-order valence-corrected chi connectivity index (χ1v) is 6.73. The van der Waals surface area contributed by atoms with Crippen molar-refractivity contribution < 1.29 is 9.53 Å². The minimum absolute atomic E-state index is 0.0568. The molecule has 1 aliphatic heterocycles. The molecule has 0 spiro atoms. The summed E-state index contributed by atoms with van der Waals surface area (Å²) in [6.07, 6.45) is 4.83. The molecule has 98 valence electrons. The molecule has 3 nitrogen and oxygen atoms in total. The summed E-state index contributed by atoms with van der Waals surface area (Å²) >= 11 is 0. The molecular formula is C15H21NO2. The molecule has 1 aromatic carbocycles. The van der Waals surface area contributed by atoms with E-state index in [1.54, 1.807) is 6.92 Å². The standard InChI is InChI=1S/C15H21NO2/c1-12(17)14-7-2-3-8-15(14)18-11-9-13-6-4-5-10-16-13/h2-3,7-8,13,16H,4-6,9-11H2,1H3/t13-/m1/s1. The van der Waals surface area contributed by atoms with Gasteiger partial charge in [-0.2, -0.15) is 0 Å². The van der Waals surface area contributed by atoms with E-state index >= 15 is 0 Å². The van der Waals surface area contributed by atoms with E-state index in [1.165, 1.54) is 19.3 Å². The van der Waals surface area contributed by atoms with Crippen LogP contribution in [0.5, 0.6) is 5.75 Å². The summed E-state index contributed by atoms with van der Waals surface area (Å²) in [4.78, 5) is 11.4. The molecule has 0 aliphatic carbocycles. The zero-order valence-electron chi connectivity index (χ0n) is 10.9. The summed E-state index contributed by atoms with van der Waals surface area (Å²) in [5, 5.41) is 3.50. The van der Waals surface area contributed by atoms with Gasteiger partial charge in [0.15, 0.2) is 5.78 Å². The summed E-state index contributed by atoms with van der Waals surface area (Å²) < 4.78 is 5.74. The number of carbonyl (C=O) groups excluding carboxylic acids is 1. The number of hydrogen-bond acceptors (Lipinski definition) is 3. The van der Waals surface area contributed by atoms with E-state index < -0.39 is 0 Å². The number of benzene rings is 1. The van der Waals surface area contributed by atoms with Crippen LogP contribution < -0.4 is 10.1 Å². The lowest BCUT2D eigenvalue weighted by molar-refractivity contribution is 0.101. The molecule has 1 aromatic rings. The Hall–Kier alpha value is -1.35. The highest BCUT2D eigenvalue weighted by Gasteiger charge is 2.13. The fourth-order valence-corrected chi connectivity index (χ4v) is 2.36. The van der Waals surface area contributed by atoms with Gasteiger partial charge in [0.25, 0.3) is 0 Å². The molecule has 1 fully saturated rings. The van der Waals surface area contributed by atoms with Crippen LogP contribution in [0.2, 0.25) is 0 Å². The SMILES string of the molecule is CC(=O)c1ccccc1OCC[C@H]1CCCCN1. The van der Waals surface area contributed by atoms with Crippen LogP contribution in [0, 0.1) is 0 Å². The van der Waals surface area contributed by atoms with E-state index in [4.69, 9.17) is 4.74 Å². The van der Waals surface area contributed by atoms with E-state index in [0.29, 0.717) is 24.0 Å². The lowest BCUT2D eigenvalue weighted by atomic mass is 10.0. The summed E-state index contributed by atoms with van der Waals surface area (Å²) in [5.41, 5.74) is 0.675. The quantitative estimate of drug-likeness (QED) is 0.813. The van der Waals surface area contributed by atoms with Crippen LogP contribution >= 0.6 is 0 Å². The van der Waals surface area contributed by atoms with Crippen LogP contribution in [0.15, 0.2) is 24.3 Å². The monoisotopic (exact) mass is 247 g/mol. The molecule has 1 atom stereocenters. The molecule has 18 heavy (non-hydrogen) atoms. The van der Waals surface area contributed by atoms with Gasteiger partial charge >= 0.3 is 0 Å². The van der Waals surface area contributed by atoms with Crippen LogP contribution in [-0.2, 0) is 0 Å². The van der Waals surface area contributed by atoms with E-state index in [0.717, 1.165) is 13.0 Å². The molecule has 1 heterocycles. The number of rotatable bonds is 5. The molecule has 0 unspecified atom stereocenters. The number of para-hydroxylation sites is 1. The number of ether oxygens (including phenoxy) is 1. The van der Waals surface area contributed by atoms with Crippen molar-refractivity contribution in [1.82, 2.24) is 5.32 Å². The first-order valence-electron chi connectivity index (χ1n) is 6.73. The molecule has 1 aliphatic rings. The third-order valence-electron chi connectivity index (χ3n) is 3.40. The molecule has 0 saturated carbocycles. The van der Waals surface area contributed by atoms with Gasteiger partial charge in [-0.05, 0) is 44.9 Å². The van der Waals surface area contributed by atoms with Gasteiger partial charge in [0.05, 0.1) is 12.2 Å². The lowest BCUT2D eigenvalue weighted by Gasteiger charge is -2.23. The molecule has 1 N–H and O–H groups in total. The summed E-state index contributed by atoms with van der Waals surface area (Å²) in [6.45, 7) is 3.36. The van der Waals surface area contributed by atoms with Crippen LogP contribution in [0.4, 0.5) is 0 Å². The Kier molecular flexibility index (Phi) is 4.76. The maximum absolute atomic E-state index is 11.4. The Bertz CT molecular complexity index is 397. The highest BCUT2D eigenvalue weighted by Crippen LogP contribution is 2.19. The van der Waals surface area contributed by atoms with Gasteiger partial charge < -0.3 is 10.1 Å². The van der Waals surface area contributed by atoms with Crippen molar-refractivity contribution in [3.05, 3.63) is 29.8 Å². The number of piperidine rings is 1. The van der Waals surface area contributed by atoms with Gasteiger partial charge in [-0.15, -0.1) is 0 Å². The molecule has 0 bridgehead atoms. The average Bonchev–Trinajstić information content (AvgIpc) is 2.40. The third kappa shape index (κ3) is 3.57. The van der Waals surface area contributed by atoms with Gasteiger partial charge in [-0.25, -0.2) is 0 Å². The molecule has 0 aromatic heterocycles. The molecule has 3 heteroatoms. The van der Waals surface area contributed by atoms with Crippen LogP contribution in [0.1, 0.15) is 43.0 Å². The Morgan fingerprint density at radius 3 is 2.94 bits per heavy atom. The highest BCUT2D eigenvalue weighted by molar-refractivity contribution is 5.96.